The molecule has 0 radical (unpaired) electrons. The van der Waals surface area contributed by atoms with Crippen LogP contribution in [0.1, 0.15) is 64.0 Å². The summed E-state index contributed by atoms with van der Waals surface area (Å²) in [4.78, 5) is 27.9. The number of rotatable bonds is 1. The zero-order valence-corrected chi connectivity index (χ0v) is 20.4. The van der Waals surface area contributed by atoms with Crippen LogP contribution in [-0.2, 0) is 5.70 Å². The van der Waals surface area contributed by atoms with Crippen LogP contribution in [0.25, 0.3) is 0 Å². The molecular formula is C27H25F2N3O3S. The van der Waals surface area contributed by atoms with Gasteiger partial charge in [0.15, 0.2) is 23.1 Å². The Morgan fingerprint density at radius 2 is 1.92 bits per heavy atom. The van der Waals surface area contributed by atoms with Crippen molar-refractivity contribution in [1.29, 1.82) is 0 Å². The van der Waals surface area contributed by atoms with Gasteiger partial charge in [-0.25, -0.2) is 8.78 Å². The number of fused-ring (bicyclic) bond motifs is 4. The van der Waals surface area contributed by atoms with E-state index < -0.39 is 52.2 Å². The molecule has 1 N–H and O–H groups in total. The van der Waals surface area contributed by atoms with Crippen LogP contribution in [-0.4, -0.2) is 33.3 Å². The number of nitrogens with zero attached hydrogens (tertiary/aromatic N) is 3. The molecule has 2 atom stereocenters. The molecule has 3 aromatic rings. The first-order valence-corrected chi connectivity index (χ1v) is 12.4. The second-order valence-corrected chi connectivity index (χ2v) is 10.8. The average Bonchev–Trinajstić information content (AvgIpc) is 2.93. The van der Waals surface area contributed by atoms with Gasteiger partial charge in [-0.3, -0.25) is 19.3 Å². The summed E-state index contributed by atoms with van der Waals surface area (Å²) in [5.41, 5.74) is -4.32. The molecule has 2 aromatic carbocycles. The van der Waals surface area contributed by atoms with E-state index in [9.17, 15) is 20.5 Å². The number of aromatic hydroxyl groups is 1. The van der Waals surface area contributed by atoms with E-state index in [0.29, 0.717) is 29.5 Å². The maximum Gasteiger partial charge on any atom is 0.278 e. The highest BCUT2D eigenvalue weighted by Crippen LogP contribution is 2.47. The molecule has 6 rings (SSSR count). The van der Waals surface area contributed by atoms with Crippen LogP contribution in [0.5, 0.6) is 5.75 Å². The molecule has 1 aromatic heterocycles. The van der Waals surface area contributed by atoms with Crippen LogP contribution in [0.4, 0.5) is 8.78 Å². The molecule has 9 heteroatoms. The monoisotopic (exact) mass is 512 g/mol. The number of pyridine rings is 1. The van der Waals surface area contributed by atoms with Crippen molar-refractivity contribution in [3.8, 4) is 5.75 Å². The lowest BCUT2D eigenvalue weighted by Crippen LogP contribution is -2.65. The molecule has 0 aliphatic carbocycles. The van der Waals surface area contributed by atoms with Gasteiger partial charge < -0.3 is 10.0 Å². The lowest BCUT2D eigenvalue weighted by atomic mass is 9.79. The minimum Gasteiger partial charge on any atom is -0.502 e. The largest absolute Gasteiger partial charge is 0.502 e. The second kappa shape index (κ2) is 8.09. The molecule has 1 fully saturated rings. The molecule has 4 heterocycles. The predicted molar refractivity (Wildman–Crippen MR) is 133 cm³/mol. The topological polar surface area (TPSA) is 65.8 Å². The van der Waals surface area contributed by atoms with Crippen molar-refractivity contribution in [2.75, 3.05) is 11.6 Å². The Hall–Kier alpha value is -3.33. The van der Waals surface area contributed by atoms with E-state index in [1.165, 1.54) is 26.8 Å². The third-order valence-corrected chi connectivity index (χ3v) is 8.02. The molecule has 1 amide bonds. The van der Waals surface area contributed by atoms with Gasteiger partial charge in [0.25, 0.3) is 5.91 Å². The van der Waals surface area contributed by atoms with Crippen LogP contribution >= 0.6 is 11.8 Å². The number of benzene rings is 2. The summed E-state index contributed by atoms with van der Waals surface area (Å²) in [5.74, 6) is -4.01. The molecule has 0 spiro atoms. The average molecular weight is 513 g/mol. The number of carbonyl (C=O) groups excluding carboxylic acids is 1. The fourth-order valence-electron chi connectivity index (χ4n) is 5.26. The molecule has 0 saturated carbocycles. The van der Waals surface area contributed by atoms with Crippen molar-refractivity contribution in [2.45, 2.75) is 49.5 Å². The van der Waals surface area contributed by atoms with Crippen LogP contribution in [0.15, 0.2) is 58.4 Å². The molecule has 3 aliphatic heterocycles. The Balaban J connectivity index is 1.76. The van der Waals surface area contributed by atoms with Crippen molar-refractivity contribution >= 4 is 17.7 Å². The minimum absolute atomic E-state index is 0.148. The van der Waals surface area contributed by atoms with Crippen molar-refractivity contribution in [1.82, 2.24) is 9.58 Å². The first kappa shape index (κ1) is 19.8. The van der Waals surface area contributed by atoms with Crippen molar-refractivity contribution < 1.29 is 22.8 Å². The zero-order valence-electron chi connectivity index (χ0n) is 22.6. The SMILES string of the molecule is [2H]C1([2H])Sc2ccccc2[C@]([2H])(N2[C@@H]3CC(C)(C)CCN3C(=O)c3c(O)c(=O)ccn32)c2ccc(F)c(F)c21. The van der Waals surface area contributed by atoms with Gasteiger partial charge in [0.2, 0.25) is 5.43 Å². The Morgan fingerprint density at radius 1 is 1.14 bits per heavy atom. The number of amides is 1. The Labute approximate surface area is 215 Å². The summed E-state index contributed by atoms with van der Waals surface area (Å²) >= 11 is 0.674. The number of carbonyl (C=O) groups is 1. The zero-order chi connectivity index (χ0) is 28.1. The minimum atomic E-state index is -2.45. The first-order valence-electron chi connectivity index (χ1n) is 13.1. The van der Waals surface area contributed by atoms with Gasteiger partial charge in [-0.15, -0.1) is 11.8 Å². The number of piperidine rings is 1. The van der Waals surface area contributed by atoms with Crippen LogP contribution in [0, 0.1) is 17.0 Å². The van der Waals surface area contributed by atoms with Gasteiger partial charge in [0, 0.05) is 37.7 Å². The molecule has 1 saturated heterocycles. The lowest BCUT2D eigenvalue weighted by Gasteiger charge is -2.54. The van der Waals surface area contributed by atoms with Gasteiger partial charge >= 0.3 is 0 Å². The highest BCUT2D eigenvalue weighted by Gasteiger charge is 2.48. The van der Waals surface area contributed by atoms with E-state index in [-0.39, 0.29) is 28.8 Å². The summed E-state index contributed by atoms with van der Waals surface area (Å²) in [6.45, 7) is 4.33. The summed E-state index contributed by atoms with van der Waals surface area (Å²) in [6, 6.07) is 7.61. The molecular weight excluding hydrogens is 484 g/mol. The number of aromatic nitrogens is 1. The molecule has 0 unspecified atom stereocenters. The van der Waals surface area contributed by atoms with Crippen LogP contribution < -0.4 is 10.4 Å². The van der Waals surface area contributed by atoms with Crippen molar-refractivity contribution in [3.63, 3.8) is 0 Å². The van der Waals surface area contributed by atoms with Gasteiger partial charge in [0.1, 0.15) is 6.17 Å². The number of hydrogen-bond acceptors (Lipinski definition) is 5. The smallest absolute Gasteiger partial charge is 0.278 e. The van der Waals surface area contributed by atoms with Crippen LogP contribution in [0.2, 0.25) is 0 Å². The molecule has 0 bridgehead atoms. The van der Waals surface area contributed by atoms with E-state index in [1.54, 1.807) is 24.3 Å². The van der Waals surface area contributed by atoms with Crippen molar-refractivity contribution in [3.05, 3.63) is 92.9 Å². The first-order chi connectivity index (χ1) is 18.3. The maximum absolute atomic E-state index is 15.5. The third kappa shape index (κ3) is 3.36. The van der Waals surface area contributed by atoms with E-state index in [0.717, 1.165) is 12.1 Å². The standard InChI is InChI=1S/C27H25F2N3O3S/c1-27(2)10-12-30-21(13-27)32(31-11-9-19(33)25(34)24(31)26(30)35)23-15-7-8-18(28)22(29)17(15)14-36-20-6-4-3-5-16(20)23/h3-9,11,21,23,34H,10,12-14H2,1-2H3/t21-,23-/m1/s1/i14D2,23D. The highest BCUT2D eigenvalue weighted by atomic mass is 32.2. The molecule has 36 heavy (non-hydrogen) atoms. The number of thioether (sulfide) groups is 1. The Morgan fingerprint density at radius 3 is 2.72 bits per heavy atom. The normalized spacial score (nSPS) is 26.9. The predicted octanol–water partition coefficient (Wildman–Crippen LogP) is 4.77. The van der Waals surface area contributed by atoms with Gasteiger partial charge in [-0.05, 0) is 41.5 Å². The fourth-order valence-corrected chi connectivity index (χ4v) is 6.10. The lowest BCUT2D eigenvalue weighted by molar-refractivity contribution is 0.0244. The van der Waals surface area contributed by atoms with E-state index >= 15 is 4.39 Å². The van der Waals surface area contributed by atoms with Gasteiger partial charge in [0.05, 0.1) is 7.39 Å². The molecule has 3 aliphatic rings. The van der Waals surface area contributed by atoms with Crippen molar-refractivity contribution in [2.24, 2.45) is 5.41 Å². The quantitative estimate of drug-likeness (QED) is 0.509. The fraction of sp³-hybridized carbons (Fsp3) is 0.333. The summed E-state index contributed by atoms with van der Waals surface area (Å²) < 4.78 is 59.1. The second-order valence-electron chi connectivity index (χ2n) is 10.00. The third-order valence-electron chi connectivity index (χ3n) is 7.14. The van der Waals surface area contributed by atoms with Gasteiger partial charge in [-0.2, -0.15) is 0 Å². The summed E-state index contributed by atoms with van der Waals surface area (Å²) in [5, 5.41) is 12.3. The van der Waals surface area contributed by atoms with Crippen LogP contribution in [0.3, 0.4) is 0 Å². The van der Waals surface area contributed by atoms with E-state index in [4.69, 9.17) is 2.74 Å². The maximum atomic E-state index is 15.5. The summed E-state index contributed by atoms with van der Waals surface area (Å²) in [7, 11) is 0. The Kier molecular flexibility index (Phi) is 4.45. The van der Waals surface area contributed by atoms with E-state index in [2.05, 4.69) is 0 Å². The molecule has 6 nitrogen and oxygen atoms in total. The summed E-state index contributed by atoms with van der Waals surface area (Å²) in [6.07, 6.45) is 1.50. The highest BCUT2D eigenvalue weighted by molar-refractivity contribution is 7.98. The molecule has 186 valence electrons. The number of halogens is 2. The number of hydrogen-bond donors (Lipinski definition) is 1. The Bertz CT molecular complexity index is 1610. The van der Waals surface area contributed by atoms with Gasteiger partial charge in [-0.1, -0.05) is 38.1 Å². The van der Waals surface area contributed by atoms with E-state index in [1.807, 2.05) is 13.8 Å².